The molecule has 0 bridgehead atoms. The molecule has 2 rings (SSSR count). The van der Waals surface area contributed by atoms with Crippen molar-refractivity contribution in [2.45, 2.75) is 11.1 Å². The molecule has 0 heterocycles. The summed E-state index contributed by atoms with van der Waals surface area (Å²) in [6.07, 6.45) is -4.45. The predicted octanol–water partition coefficient (Wildman–Crippen LogP) is 2.97. The molecule has 0 saturated heterocycles. The quantitative estimate of drug-likeness (QED) is 0.806. The van der Waals surface area contributed by atoms with Crippen molar-refractivity contribution in [3.05, 3.63) is 54.1 Å². The number of sulfonamides is 1. The van der Waals surface area contributed by atoms with Gasteiger partial charge >= 0.3 is 6.18 Å². The summed E-state index contributed by atoms with van der Waals surface area (Å²) in [4.78, 5) is 11.9. The van der Waals surface area contributed by atoms with Crippen molar-refractivity contribution < 1.29 is 31.1 Å². The fourth-order valence-electron chi connectivity index (χ4n) is 2.03. The minimum absolute atomic E-state index is 0.00829. The number of carbonyl (C=O) groups is 1. The summed E-state index contributed by atoms with van der Waals surface area (Å²) >= 11 is 0. The Bertz CT molecular complexity index is 911. The van der Waals surface area contributed by atoms with Crippen molar-refractivity contribution >= 4 is 21.6 Å². The molecule has 10 heteroatoms. The van der Waals surface area contributed by atoms with Gasteiger partial charge in [-0.15, -0.1) is 0 Å². The number of hydrogen-bond donors (Lipinski definition) is 1. The molecule has 1 N–H and O–H groups in total. The molecule has 0 atom stereocenters. The van der Waals surface area contributed by atoms with E-state index >= 15 is 0 Å². The number of benzene rings is 2. The fraction of sp³-hybridized carbons (Fsp3) is 0.235. The molecule has 1 amide bonds. The summed E-state index contributed by atoms with van der Waals surface area (Å²) in [6.45, 7) is -0.448. The topological polar surface area (TPSA) is 75.7 Å². The van der Waals surface area contributed by atoms with E-state index in [0.29, 0.717) is 0 Å². The zero-order valence-electron chi connectivity index (χ0n) is 14.4. The molecule has 0 unspecified atom stereocenters. The van der Waals surface area contributed by atoms with E-state index in [4.69, 9.17) is 4.74 Å². The van der Waals surface area contributed by atoms with Crippen LogP contribution in [0.5, 0.6) is 5.75 Å². The lowest BCUT2D eigenvalue weighted by molar-refractivity contribution is -0.137. The van der Waals surface area contributed by atoms with Gasteiger partial charge in [0.25, 0.3) is 5.91 Å². The second kappa shape index (κ2) is 7.97. The van der Waals surface area contributed by atoms with Gasteiger partial charge in [-0.05, 0) is 42.5 Å². The number of carbonyl (C=O) groups excluding carboxylic acids is 1. The number of nitrogens with one attached hydrogen (secondary N) is 1. The molecule has 2 aromatic rings. The normalized spacial score (nSPS) is 12.1. The molecule has 0 saturated carbocycles. The van der Waals surface area contributed by atoms with E-state index in [1.165, 1.54) is 38.4 Å². The molecule has 0 radical (unpaired) electrons. The lowest BCUT2D eigenvalue weighted by Gasteiger charge is -2.13. The highest BCUT2D eigenvalue weighted by molar-refractivity contribution is 7.89. The van der Waals surface area contributed by atoms with Crippen LogP contribution in [0.15, 0.2) is 53.4 Å². The van der Waals surface area contributed by atoms with Crippen LogP contribution in [0.4, 0.5) is 18.9 Å². The number of nitrogens with zero attached hydrogens (tertiary/aromatic N) is 1. The highest BCUT2D eigenvalue weighted by Gasteiger charge is 2.30. The Balaban J connectivity index is 1.98. The van der Waals surface area contributed by atoms with Crippen LogP contribution < -0.4 is 10.1 Å². The minimum atomic E-state index is -4.45. The maximum Gasteiger partial charge on any atom is 0.416 e. The molecule has 0 aliphatic heterocycles. The Morgan fingerprint density at radius 2 is 1.74 bits per heavy atom. The number of alkyl halides is 3. The zero-order chi connectivity index (χ0) is 20.2. The number of halogens is 3. The summed E-state index contributed by atoms with van der Waals surface area (Å²) in [5, 5.41) is 2.47. The zero-order valence-corrected chi connectivity index (χ0v) is 15.3. The molecule has 27 heavy (non-hydrogen) atoms. The van der Waals surface area contributed by atoms with Gasteiger partial charge in [0.05, 0.1) is 10.5 Å². The first-order valence-electron chi connectivity index (χ1n) is 7.62. The van der Waals surface area contributed by atoms with Gasteiger partial charge < -0.3 is 10.1 Å². The van der Waals surface area contributed by atoms with Gasteiger partial charge in [-0.2, -0.15) is 13.2 Å². The molecule has 0 fully saturated rings. The summed E-state index contributed by atoms with van der Waals surface area (Å²) in [6, 6.07) is 9.59. The summed E-state index contributed by atoms with van der Waals surface area (Å²) < 4.78 is 67.8. The first-order chi connectivity index (χ1) is 12.5. The van der Waals surface area contributed by atoms with Crippen molar-refractivity contribution in [2.24, 2.45) is 0 Å². The summed E-state index contributed by atoms with van der Waals surface area (Å²) in [5.74, 6) is -0.489. The largest absolute Gasteiger partial charge is 0.484 e. The molecule has 0 aliphatic carbocycles. The average Bonchev–Trinajstić information content (AvgIpc) is 2.59. The van der Waals surface area contributed by atoms with Crippen molar-refractivity contribution in [3.63, 3.8) is 0 Å². The van der Waals surface area contributed by atoms with Gasteiger partial charge in [0.2, 0.25) is 10.0 Å². The Morgan fingerprint density at radius 3 is 2.30 bits per heavy atom. The number of ether oxygens (including phenoxy) is 1. The van der Waals surface area contributed by atoms with Gasteiger partial charge in [0, 0.05) is 19.8 Å². The van der Waals surface area contributed by atoms with Crippen LogP contribution in [0.25, 0.3) is 0 Å². The molecular weight excluding hydrogens is 385 g/mol. The monoisotopic (exact) mass is 402 g/mol. The van der Waals surface area contributed by atoms with E-state index in [9.17, 15) is 26.4 Å². The van der Waals surface area contributed by atoms with Crippen LogP contribution in [-0.4, -0.2) is 39.3 Å². The third-order valence-corrected chi connectivity index (χ3v) is 5.26. The van der Waals surface area contributed by atoms with E-state index in [1.54, 1.807) is 0 Å². The molecule has 2 aromatic carbocycles. The maximum absolute atomic E-state index is 12.5. The maximum atomic E-state index is 12.5. The number of rotatable bonds is 6. The van der Waals surface area contributed by atoms with E-state index in [0.717, 1.165) is 28.6 Å². The van der Waals surface area contributed by atoms with Crippen LogP contribution >= 0.6 is 0 Å². The van der Waals surface area contributed by atoms with E-state index in [1.807, 2.05) is 0 Å². The molecule has 6 nitrogen and oxygen atoms in total. The second-order valence-corrected chi connectivity index (χ2v) is 7.83. The van der Waals surface area contributed by atoms with Crippen LogP contribution in [0.3, 0.4) is 0 Å². The lowest BCUT2D eigenvalue weighted by atomic mass is 10.2. The van der Waals surface area contributed by atoms with Crippen molar-refractivity contribution in [2.75, 3.05) is 26.0 Å². The number of amides is 1. The Morgan fingerprint density at radius 1 is 1.11 bits per heavy atom. The van der Waals surface area contributed by atoms with Crippen LogP contribution in [0.1, 0.15) is 5.56 Å². The number of hydrogen-bond acceptors (Lipinski definition) is 4. The highest BCUT2D eigenvalue weighted by atomic mass is 32.2. The number of anilines is 1. The first-order valence-corrected chi connectivity index (χ1v) is 9.06. The summed E-state index contributed by atoms with van der Waals surface area (Å²) in [5.41, 5.74) is -0.572. The van der Waals surface area contributed by atoms with Crippen molar-refractivity contribution in [1.82, 2.24) is 4.31 Å². The Hall–Kier alpha value is -2.59. The van der Waals surface area contributed by atoms with E-state index in [2.05, 4.69) is 5.32 Å². The summed E-state index contributed by atoms with van der Waals surface area (Å²) in [7, 11) is -0.873. The van der Waals surface area contributed by atoms with Crippen LogP contribution in [0, 0.1) is 0 Å². The first kappa shape index (κ1) is 20.7. The van der Waals surface area contributed by atoms with Gasteiger partial charge in [-0.3, -0.25) is 4.79 Å². The van der Waals surface area contributed by atoms with Gasteiger partial charge in [-0.25, -0.2) is 12.7 Å². The standard InChI is InChI=1S/C17H17F3N2O4S/c1-22(2)27(24,25)15-5-3-4-13(10-15)21-16(23)11-26-14-8-6-12(7-9-14)17(18,19)20/h3-10H,11H2,1-2H3,(H,21,23). The van der Waals surface area contributed by atoms with Crippen LogP contribution in [-0.2, 0) is 21.0 Å². The second-order valence-electron chi connectivity index (χ2n) is 5.67. The van der Waals surface area contributed by atoms with E-state index < -0.39 is 34.3 Å². The third kappa shape index (κ3) is 5.44. The van der Waals surface area contributed by atoms with Gasteiger partial charge in [0.1, 0.15) is 5.75 Å². The third-order valence-electron chi connectivity index (χ3n) is 3.45. The smallest absolute Gasteiger partial charge is 0.416 e. The van der Waals surface area contributed by atoms with Crippen LogP contribution in [0.2, 0.25) is 0 Å². The molecule has 0 aromatic heterocycles. The molecule has 146 valence electrons. The van der Waals surface area contributed by atoms with Gasteiger partial charge in [-0.1, -0.05) is 6.07 Å². The highest BCUT2D eigenvalue weighted by Crippen LogP contribution is 2.30. The van der Waals surface area contributed by atoms with Crippen molar-refractivity contribution in [1.29, 1.82) is 0 Å². The predicted molar refractivity (Wildman–Crippen MR) is 92.9 cm³/mol. The Labute approximate surface area is 154 Å². The fourth-order valence-corrected chi connectivity index (χ4v) is 2.98. The SMILES string of the molecule is CN(C)S(=O)(=O)c1cccc(NC(=O)COc2ccc(C(F)(F)F)cc2)c1. The lowest BCUT2D eigenvalue weighted by Crippen LogP contribution is -2.23. The molecule has 0 spiro atoms. The Kier molecular flexibility index (Phi) is 6.11. The van der Waals surface area contributed by atoms with E-state index in [-0.39, 0.29) is 16.3 Å². The average molecular weight is 402 g/mol. The molecular formula is C17H17F3N2O4S. The minimum Gasteiger partial charge on any atom is -0.484 e. The van der Waals surface area contributed by atoms with Crippen molar-refractivity contribution in [3.8, 4) is 5.75 Å². The van der Waals surface area contributed by atoms with Gasteiger partial charge in [0.15, 0.2) is 6.61 Å². The molecule has 0 aliphatic rings.